The number of hydrogen-bond donors (Lipinski definition) is 1. The van der Waals surface area contributed by atoms with Crippen molar-refractivity contribution in [2.24, 2.45) is 0 Å². The number of amides is 1. The van der Waals surface area contributed by atoms with Crippen molar-refractivity contribution in [1.29, 1.82) is 0 Å². The van der Waals surface area contributed by atoms with E-state index in [9.17, 15) is 13.2 Å². The van der Waals surface area contributed by atoms with E-state index in [4.69, 9.17) is 4.52 Å². The lowest BCUT2D eigenvalue weighted by molar-refractivity contribution is -0.128. The quantitative estimate of drug-likeness (QED) is 0.768. The number of nitrogens with zero attached hydrogens (tertiary/aromatic N) is 2. The van der Waals surface area contributed by atoms with E-state index in [-0.39, 0.29) is 23.1 Å². The lowest BCUT2D eigenvalue weighted by Crippen LogP contribution is -2.38. The lowest BCUT2D eigenvalue weighted by atomic mass is 10.1. The molecule has 1 N–H and O–H groups in total. The second kappa shape index (κ2) is 8.26. The van der Waals surface area contributed by atoms with Gasteiger partial charge in [0.05, 0.1) is 0 Å². The van der Waals surface area contributed by atoms with E-state index in [2.05, 4.69) is 9.88 Å². The lowest BCUT2D eigenvalue weighted by Gasteiger charge is -2.21. The molecule has 0 fully saturated rings. The van der Waals surface area contributed by atoms with Crippen LogP contribution < -0.4 is 4.72 Å². The van der Waals surface area contributed by atoms with Crippen molar-refractivity contribution in [3.05, 3.63) is 47.3 Å². The van der Waals surface area contributed by atoms with Gasteiger partial charge in [-0.3, -0.25) is 4.79 Å². The number of carbonyl (C=O) groups is 1. The highest BCUT2D eigenvalue weighted by Gasteiger charge is 2.24. The van der Waals surface area contributed by atoms with Gasteiger partial charge in [-0.15, -0.1) is 0 Å². The number of rotatable bonds is 8. The molecule has 2 aromatic rings. The molecule has 0 unspecified atom stereocenters. The number of sulfonamides is 1. The molecule has 2 rings (SSSR count). The summed E-state index contributed by atoms with van der Waals surface area (Å²) in [6.07, 6.45) is 0.719. The minimum absolute atomic E-state index is 0.0613. The standard InChI is InChI=1S/C17H23N3O4S/c1-13-17(14(2)24-19-13)25(22,23)18-10-12-20(15(3)21)11-9-16-7-5-4-6-8-16/h4-8,18H,9-12H2,1-3H3. The minimum Gasteiger partial charge on any atom is -0.360 e. The highest BCUT2D eigenvalue weighted by atomic mass is 32.2. The number of hydrogen-bond acceptors (Lipinski definition) is 5. The molecule has 0 spiro atoms. The van der Waals surface area contributed by atoms with E-state index in [0.29, 0.717) is 18.8 Å². The molecule has 0 atom stereocenters. The number of benzene rings is 1. The van der Waals surface area contributed by atoms with Crippen LogP contribution in [0.5, 0.6) is 0 Å². The average Bonchev–Trinajstić information content (AvgIpc) is 2.90. The summed E-state index contributed by atoms with van der Waals surface area (Å²) in [5, 5.41) is 3.66. The molecule has 1 amide bonds. The van der Waals surface area contributed by atoms with Gasteiger partial charge in [-0.05, 0) is 25.8 Å². The van der Waals surface area contributed by atoms with Crippen LogP contribution in [0.2, 0.25) is 0 Å². The Morgan fingerprint density at radius 1 is 1.20 bits per heavy atom. The van der Waals surface area contributed by atoms with Gasteiger partial charge in [0, 0.05) is 26.6 Å². The fourth-order valence-electron chi connectivity index (χ4n) is 2.58. The van der Waals surface area contributed by atoms with Gasteiger partial charge >= 0.3 is 0 Å². The molecular formula is C17H23N3O4S. The Morgan fingerprint density at radius 3 is 2.44 bits per heavy atom. The Kier molecular flexibility index (Phi) is 6.33. The van der Waals surface area contributed by atoms with Crippen molar-refractivity contribution in [2.75, 3.05) is 19.6 Å². The zero-order chi connectivity index (χ0) is 18.4. The van der Waals surface area contributed by atoms with Crippen molar-refractivity contribution in [2.45, 2.75) is 32.1 Å². The largest absolute Gasteiger partial charge is 0.360 e. The maximum atomic E-state index is 12.4. The molecule has 0 aliphatic heterocycles. The van der Waals surface area contributed by atoms with E-state index in [1.807, 2.05) is 30.3 Å². The predicted molar refractivity (Wildman–Crippen MR) is 93.6 cm³/mol. The van der Waals surface area contributed by atoms with Crippen molar-refractivity contribution in [3.8, 4) is 0 Å². The summed E-state index contributed by atoms with van der Waals surface area (Å²) in [5.41, 5.74) is 1.45. The summed E-state index contributed by atoms with van der Waals surface area (Å²) >= 11 is 0. The van der Waals surface area contributed by atoms with Crippen LogP contribution in [0.1, 0.15) is 23.9 Å². The summed E-state index contributed by atoms with van der Waals surface area (Å²) < 4.78 is 32.1. The topological polar surface area (TPSA) is 92.5 Å². The zero-order valence-electron chi connectivity index (χ0n) is 14.7. The minimum atomic E-state index is -3.71. The third-order valence-corrected chi connectivity index (χ3v) is 5.57. The van der Waals surface area contributed by atoms with E-state index in [1.165, 1.54) is 6.92 Å². The predicted octanol–water partition coefficient (Wildman–Crippen LogP) is 1.66. The fraction of sp³-hybridized carbons (Fsp3) is 0.412. The van der Waals surface area contributed by atoms with Crippen LogP contribution in [0, 0.1) is 13.8 Å². The molecule has 0 aliphatic rings. The Labute approximate surface area is 148 Å². The third kappa shape index (κ3) is 5.14. The first-order chi connectivity index (χ1) is 11.8. The molecular weight excluding hydrogens is 342 g/mol. The summed E-state index contributed by atoms with van der Waals surface area (Å²) in [7, 11) is -3.71. The van der Waals surface area contributed by atoms with E-state index >= 15 is 0 Å². The smallest absolute Gasteiger partial charge is 0.246 e. The van der Waals surface area contributed by atoms with Crippen molar-refractivity contribution >= 4 is 15.9 Å². The molecule has 0 radical (unpaired) electrons. The summed E-state index contributed by atoms with van der Waals surface area (Å²) in [4.78, 5) is 13.5. The molecule has 0 aliphatic carbocycles. The summed E-state index contributed by atoms with van der Waals surface area (Å²) in [6, 6.07) is 9.84. The first kappa shape index (κ1) is 19.1. The van der Waals surface area contributed by atoms with Crippen molar-refractivity contribution in [1.82, 2.24) is 14.8 Å². The van der Waals surface area contributed by atoms with Crippen LogP contribution in [-0.4, -0.2) is 44.0 Å². The van der Waals surface area contributed by atoms with Crippen LogP contribution in [0.4, 0.5) is 0 Å². The molecule has 1 heterocycles. The van der Waals surface area contributed by atoms with Gasteiger partial charge in [-0.1, -0.05) is 35.5 Å². The monoisotopic (exact) mass is 365 g/mol. The third-order valence-electron chi connectivity index (χ3n) is 3.87. The zero-order valence-corrected chi connectivity index (χ0v) is 15.5. The van der Waals surface area contributed by atoms with Crippen LogP contribution in [0.25, 0.3) is 0 Å². The highest BCUT2D eigenvalue weighted by Crippen LogP contribution is 2.18. The highest BCUT2D eigenvalue weighted by molar-refractivity contribution is 7.89. The fourth-order valence-corrected chi connectivity index (χ4v) is 3.93. The molecule has 8 heteroatoms. The van der Waals surface area contributed by atoms with Gasteiger partial charge in [-0.25, -0.2) is 13.1 Å². The Morgan fingerprint density at radius 2 is 1.88 bits per heavy atom. The maximum Gasteiger partial charge on any atom is 0.246 e. The number of aryl methyl sites for hydroxylation is 2. The van der Waals surface area contributed by atoms with Crippen LogP contribution in [0.15, 0.2) is 39.8 Å². The van der Waals surface area contributed by atoms with E-state index in [0.717, 1.165) is 12.0 Å². The second-order valence-corrected chi connectivity index (χ2v) is 7.50. The molecule has 0 saturated heterocycles. The van der Waals surface area contributed by atoms with E-state index < -0.39 is 10.0 Å². The Bertz CT molecular complexity index is 796. The van der Waals surface area contributed by atoms with Gasteiger partial charge in [0.15, 0.2) is 5.76 Å². The molecule has 0 saturated carbocycles. The molecule has 25 heavy (non-hydrogen) atoms. The van der Waals surface area contributed by atoms with Crippen molar-refractivity contribution < 1.29 is 17.7 Å². The normalized spacial score (nSPS) is 11.5. The van der Waals surface area contributed by atoms with Gasteiger partial charge in [-0.2, -0.15) is 0 Å². The molecule has 1 aromatic heterocycles. The van der Waals surface area contributed by atoms with Crippen LogP contribution in [0.3, 0.4) is 0 Å². The number of carbonyl (C=O) groups excluding carboxylic acids is 1. The first-order valence-electron chi connectivity index (χ1n) is 8.03. The number of aromatic nitrogens is 1. The van der Waals surface area contributed by atoms with Crippen LogP contribution >= 0.6 is 0 Å². The van der Waals surface area contributed by atoms with Gasteiger partial charge in [0.2, 0.25) is 15.9 Å². The Balaban J connectivity index is 1.92. The maximum absolute atomic E-state index is 12.4. The molecule has 136 valence electrons. The van der Waals surface area contributed by atoms with Crippen molar-refractivity contribution in [3.63, 3.8) is 0 Å². The Hall–Kier alpha value is -2.19. The summed E-state index contributed by atoms with van der Waals surface area (Å²) in [5.74, 6) is 0.157. The second-order valence-electron chi connectivity index (χ2n) is 5.79. The molecule has 7 nitrogen and oxygen atoms in total. The summed E-state index contributed by atoms with van der Waals surface area (Å²) in [6.45, 7) is 5.56. The molecule has 1 aromatic carbocycles. The van der Waals surface area contributed by atoms with Gasteiger partial charge < -0.3 is 9.42 Å². The van der Waals surface area contributed by atoms with E-state index in [1.54, 1.807) is 18.7 Å². The van der Waals surface area contributed by atoms with Crippen LogP contribution in [-0.2, 0) is 21.2 Å². The number of nitrogens with one attached hydrogen (secondary N) is 1. The molecule has 0 bridgehead atoms. The van der Waals surface area contributed by atoms with Gasteiger partial charge in [0.1, 0.15) is 10.6 Å². The SMILES string of the molecule is CC(=O)N(CCNS(=O)(=O)c1c(C)noc1C)CCc1ccccc1. The van der Waals surface area contributed by atoms with Gasteiger partial charge in [0.25, 0.3) is 0 Å². The average molecular weight is 365 g/mol. The first-order valence-corrected chi connectivity index (χ1v) is 9.51.